The molecule has 0 spiro atoms. The van der Waals surface area contributed by atoms with Crippen molar-refractivity contribution in [1.82, 2.24) is 4.90 Å². The number of nitrogens with zero attached hydrogens (tertiary/aromatic N) is 2. The molecule has 88 valence electrons. The molecule has 0 aromatic heterocycles. The summed E-state index contributed by atoms with van der Waals surface area (Å²) >= 11 is 0. The second-order valence-corrected chi connectivity index (χ2v) is 4.00. The number of aliphatic imine (C=N–C) groups is 1. The van der Waals surface area contributed by atoms with E-state index in [4.69, 9.17) is 10.5 Å². The van der Waals surface area contributed by atoms with E-state index in [0.717, 1.165) is 31.5 Å². The second kappa shape index (κ2) is 5.12. The van der Waals surface area contributed by atoms with Crippen LogP contribution in [-0.2, 0) is 4.74 Å². The van der Waals surface area contributed by atoms with Crippen molar-refractivity contribution in [2.24, 2.45) is 10.7 Å². The lowest BCUT2D eigenvalue weighted by molar-refractivity contribution is 0.130. The lowest BCUT2D eigenvalue weighted by atomic mass is 10.2. The van der Waals surface area contributed by atoms with Crippen LogP contribution >= 0.6 is 0 Å². The van der Waals surface area contributed by atoms with Gasteiger partial charge in [0.2, 0.25) is 0 Å². The SMILES string of the molecule is NCCC[C@@H]1CN(C2=CCCC=N2)C(=O)O1. The maximum Gasteiger partial charge on any atom is 0.415 e. The first-order valence-electron chi connectivity index (χ1n) is 5.72. The highest BCUT2D eigenvalue weighted by Gasteiger charge is 2.33. The Morgan fingerprint density at radius 2 is 2.44 bits per heavy atom. The van der Waals surface area contributed by atoms with E-state index >= 15 is 0 Å². The van der Waals surface area contributed by atoms with Gasteiger partial charge in [0.05, 0.1) is 6.54 Å². The number of amides is 1. The van der Waals surface area contributed by atoms with Gasteiger partial charge in [-0.2, -0.15) is 0 Å². The molecule has 2 aliphatic heterocycles. The highest BCUT2D eigenvalue weighted by molar-refractivity contribution is 5.73. The lowest BCUT2D eigenvalue weighted by Crippen LogP contribution is -2.24. The first-order valence-corrected chi connectivity index (χ1v) is 5.72. The van der Waals surface area contributed by atoms with Gasteiger partial charge < -0.3 is 10.5 Å². The quantitative estimate of drug-likeness (QED) is 0.780. The number of allylic oxidation sites excluding steroid dienone is 1. The molecule has 0 radical (unpaired) electrons. The fourth-order valence-electron chi connectivity index (χ4n) is 1.88. The topological polar surface area (TPSA) is 67.9 Å². The molecule has 0 saturated carbocycles. The average molecular weight is 223 g/mol. The second-order valence-electron chi connectivity index (χ2n) is 4.00. The molecule has 1 amide bonds. The van der Waals surface area contributed by atoms with E-state index in [1.54, 1.807) is 4.90 Å². The van der Waals surface area contributed by atoms with E-state index in [1.165, 1.54) is 0 Å². The summed E-state index contributed by atoms with van der Waals surface area (Å²) in [5.74, 6) is 0.728. The predicted octanol–water partition coefficient (Wildman–Crippen LogP) is 1.25. The molecule has 0 unspecified atom stereocenters. The largest absolute Gasteiger partial charge is 0.444 e. The van der Waals surface area contributed by atoms with Gasteiger partial charge in [0.25, 0.3) is 0 Å². The van der Waals surface area contributed by atoms with E-state index in [9.17, 15) is 4.79 Å². The van der Waals surface area contributed by atoms with Crippen LogP contribution in [0.25, 0.3) is 0 Å². The first kappa shape index (κ1) is 11.1. The molecule has 2 heterocycles. The molecule has 1 atom stereocenters. The van der Waals surface area contributed by atoms with E-state index < -0.39 is 0 Å². The number of nitrogens with two attached hydrogens (primary N) is 1. The monoisotopic (exact) mass is 223 g/mol. The number of carbonyl (C=O) groups excluding carboxylic acids is 1. The molecule has 2 rings (SSSR count). The predicted molar refractivity (Wildman–Crippen MR) is 61.1 cm³/mol. The maximum absolute atomic E-state index is 11.6. The summed E-state index contributed by atoms with van der Waals surface area (Å²) < 4.78 is 5.25. The van der Waals surface area contributed by atoms with Gasteiger partial charge in [-0.1, -0.05) is 0 Å². The number of ether oxygens (including phenoxy) is 1. The fourth-order valence-corrected chi connectivity index (χ4v) is 1.88. The van der Waals surface area contributed by atoms with E-state index in [1.807, 2.05) is 12.3 Å². The van der Waals surface area contributed by atoms with Gasteiger partial charge in [0, 0.05) is 6.21 Å². The van der Waals surface area contributed by atoms with Crippen LogP contribution in [0.4, 0.5) is 4.79 Å². The first-order chi connectivity index (χ1) is 7.81. The Balaban J connectivity index is 1.94. The van der Waals surface area contributed by atoms with Crippen LogP contribution in [0.15, 0.2) is 16.9 Å². The molecule has 1 fully saturated rings. The Hall–Kier alpha value is -1.36. The van der Waals surface area contributed by atoms with Gasteiger partial charge in [0.15, 0.2) is 0 Å². The van der Waals surface area contributed by atoms with Gasteiger partial charge in [-0.15, -0.1) is 0 Å². The third kappa shape index (κ3) is 2.41. The number of rotatable bonds is 4. The summed E-state index contributed by atoms with van der Waals surface area (Å²) in [6.07, 6.45) is 7.10. The third-order valence-corrected chi connectivity index (χ3v) is 2.73. The molecular formula is C11H17N3O2. The molecule has 0 aromatic rings. The molecular weight excluding hydrogens is 206 g/mol. The summed E-state index contributed by atoms with van der Waals surface area (Å²) in [5.41, 5.74) is 5.43. The van der Waals surface area contributed by atoms with Gasteiger partial charge in [-0.05, 0) is 38.3 Å². The van der Waals surface area contributed by atoms with Crippen molar-refractivity contribution in [2.75, 3.05) is 13.1 Å². The molecule has 0 aliphatic carbocycles. The zero-order valence-electron chi connectivity index (χ0n) is 9.26. The summed E-state index contributed by atoms with van der Waals surface area (Å²) in [4.78, 5) is 17.4. The third-order valence-electron chi connectivity index (χ3n) is 2.73. The van der Waals surface area contributed by atoms with Crippen LogP contribution in [0, 0.1) is 0 Å². The number of hydrogen-bond acceptors (Lipinski definition) is 4. The van der Waals surface area contributed by atoms with Crippen LogP contribution in [0.2, 0.25) is 0 Å². The Morgan fingerprint density at radius 3 is 3.12 bits per heavy atom. The van der Waals surface area contributed by atoms with E-state index in [2.05, 4.69) is 4.99 Å². The van der Waals surface area contributed by atoms with Crippen LogP contribution in [0.5, 0.6) is 0 Å². The summed E-state index contributed by atoms with van der Waals surface area (Å²) in [6.45, 7) is 1.23. The lowest BCUT2D eigenvalue weighted by Gasteiger charge is -2.15. The van der Waals surface area contributed by atoms with Crippen LogP contribution < -0.4 is 5.73 Å². The summed E-state index contributed by atoms with van der Waals surface area (Å²) in [5, 5.41) is 0. The molecule has 2 aliphatic rings. The van der Waals surface area contributed by atoms with Crippen molar-refractivity contribution in [1.29, 1.82) is 0 Å². The number of carbonyl (C=O) groups is 1. The smallest absolute Gasteiger partial charge is 0.415 e. The van der Waals surface area contributed by atoms with Gasteiger partial charge in [-0.25, -0.2) is 9.79 Å². The molecule has 0 bridgehead atoms. The van der Waals surface area contributed by atoms with Crippen molar-refractivity contribution in [3.8, 4) is 0 Å². The van der Waals surface area contributed by atoms with E-state index in [-0.39, 0.29) is 12.2 Å². The highest BCUT2D eigenvalue weighted by Crippen LogP contribution is 2.22. The normalized spacial score (nSPS) is 24.6. The standard InChI is InChI=1S/C11H17N3O2/c12-6-3-4-9-8-14(11(15)16-9)10-5-1-2-7-13-10/h5,7,9H,1-4,6,8,12H2/t9-/m1/s1. The van der Waals surface area contributed by atoms with Gasteiger partial charge in [-0.3, -0.25) is 4.90 Å². The van der Waals surface area contributed by atoms with Gasteiger partial charge >= 0.3 is 6.09 Å². The van der Waals surface area contributed by atoms with Crippen molar-refractivity contribution >= 4 is 12.3 Å². The molecule has 5 nitrogen and oxygen atoms in total. The average Bonchev–Trinajstić information content (AvgIpc) is 2.69. The van der Waals surface area contributed by atoms with Crippen molar-refractivity contribution in [3.05, 3.63) is 11.9 Å². The number of cyclic esters (lactones) is 1. The molecule has 0 aromatic carbocycles. The summed E-state index contributed by atoms with van der Waals surface area (Å²) in [7, 11) is 0. The van der Waals surface area contributed by atoms with Crippen LogP contribution in [-0.4, -0.2) is 36.4 Å². The Kier molecular flexibility index (Phi) is 3.56. The zero-order valence-corrected chi connectivity index (χ0v) is 9.26. The maximum atomic E-state index is 11.6. The van der Waals surface area contributed by atoms with E-state index in [0.29, 0.717) is 13.1 Å². The molecule has 2 N–H and O–H groups in total. The number of hydrogen-bond donors (Lipinski definition) is 1. The Morgan fingerprint density at radius 1 is 1.56 bits per heavy atom. The van der Waals surface area contributed by atoms with Crippen LogP contribution in [0.1, 0.15) is 25.7 Å². The Labute approximate surface area is 95.0 Å². The summed E-state index contributed by atoms with van der Waals surface area (Å²) in [6, 6.07) is 0. The minimum Gasteiger partial charge on any atom is -0.444 e. The molecule has 1 saturated heterocycles. The van der Waals surface area contributed by atoms with Gasteiger partial charge in [0.1, 0.15) is 11.9 Å². The van der Waals surface area contributed by atoms with Crippen molar-refractivity contribution in [2.45, 2.75) is 31.8 Å². The van der Waals surface area contributed by atoms with Crippen LogP contribution in [0.3, 0.4) is 0 Å². The fraction of sp³-hybridized carbons (Fsp3) is 0.636. The minimum absolute atomic E-state index is 0.0333. The molecule has 16 heavy (non-hydrogen) atoms. The molecule has 5 heteroatoms. The highest BCUT2D eigenvalue weighted by atomic mass is 16.6. The van der Waals surface area contributed by atoms with Crippen molar-refractivity contribution in [3.63, 3.8) is 0 Å². The zero-order chi connectivity index (χ0) is 11.4. The van der Waals surface area contributed by atoms with Crippen molar-refractivity contribution < 1.29 is 9.53 Å². The Bertz CT molecular complexity index is 325. The minimum atomic E-state index is -0.285.